The van der Waals surface area contributed by atoms with E-state index in [9.17, 15) is 0 Å². The average molecular weight is 153 g/mol. The maximum absolute atomic E-state index is 2.53. The second kappa shape index (κ2) is 4.55. The zero-order chi connectivity index (χ0) is 8.10. The highest BCUT2D eigenvalue weighted by molar-refractivity contribution is 5.06. The largest absolute Gasteiger partial charge is 0.299 e. The molecule has 1 nitrogen and oxygen atoms in total. The maximum atomic E-state index is 2.53. The molecule has 0 saturated carbocycles. The minimum atomic E-state index is 1.19. The number of hydrogen-bond acceptors (Lipinski definition) is 1. The molecule has 0 saturated heterocycles. The smallest absolute Gasteiger partial charge is 0.0165 e. The van der Waals surface area contributed by atoms with Crippen LogP contribution in [-0.2, 0) is 0 Å². The molecule has 0 unspecified atom stereocenters. The summed E-state index contributed by atoms with van der Waals surface area (Å²) in [5.74, 6) is 0. The normalized spacial score (nSPS) is 20.0. The zero-order valence-electron chi connectivity index (χ0n) is 7.77. The Labute approximate surface area is 70.1 Å². The molecule has 0 atom stereocenters. The Morgan fingerprint density at radius 3 is 2.73 bits per heavy atom. The van der Waals surface area contributed by atoms with E-state index < -0.39 is 0 Å². The quantitative estimate of drug-likeness (QED) is 0.563. The van der Waals surface area contributed by atoms with Gasteiger partial charge in [0.15, 0.2) is 0 Å². The number of rotatable bonds is 3. The topological polar surface area (TPSA) is 3.24 Å². The van der Waals surface area contributed by atoms with Gasteiger partial charge in [-0.1, -0.05) is 25.5 Å². The van der Waals surface area contributed by atoms with Gasteiger partial charge >= 0.3 is 0 Å². The van der Waals surface area contributed by atoms with Crippen molar-refractivity contribution in [1.29, 1.82) is 0 Å². The highest BCUT2D eigenvalue weighted by Crippen LogP contribution is 2.13. The van der Waals surface area contributed by atoms with Gasteiger partial charge in [-0.25, -0.2) is 0 Å². The fourth-order valence-electron chi connectivity index (χ4n) is 1.59. The van der Waals surface area contributed by atoms with Crippen molar-refractivity contribution in [2.45, 2.75) is 33.1 Å². The lowest BCUT2D eigenvalue weighted by Crippen LogP contribution is -2.29. The van der Waals surface area contributed by atoms with E-state index in [2.05, 4.69) is 24.8 Å². The second-order valence-corrected chi connectivity index (χ2v) is 3.27. The lowest BCUT2D eigenvalue weighted by atomic mass is 10.1. The van der Waals surface area contributed by atoms with Crippen LogP contribution < -0.4 is 0 Å². The maximum Gasteiger partial charge on any atom is 0.0165 e. The first-order valence-electron chi connectivity index (χ1n) is 4.77. The van der Waals surface area contributed by atoms with Gasteiger partial charge < -0.3 is 0 Å². The van der Waals surface area contributed by atoms with E-state index in [0.717, 1.165) is 0 Å². The van der Waals surface area contributed by atoms with E-state index in [1.165, 1.54) is 38.9 Å². The first-order chi connectivity index (χ1) is 5.36. The van der Waals surface area contributed by atoms with Gasteiger partial charge in [0.05, 0.1) is 0 Å². The Hall–Kier alpha value is -0.300. The van der Waals surface area contributed by atoms with Crippen LogP contribution in [0.4, 0.5) is 0 Å². The van der Waals surface area contributed by atoms with Crippen molar-refractivity contribution in [1.82, 2.24) is 4.90 Å². The summed E-state index contributed by atoms with van der Waals surface area (Å²) in [5, 5.41) is 0. The summed E-state index contributed by atoms with van der Waals surface area (Å²) in [5.41, 5.74) is 1.65. The SMILES string of the molecule is CCCN1CC=C(CC)CC1. The standard InChI is InChI=1S/C10H19N/c1-3-7-11-8-5-10(4-2)6-9-11/h5H,3-4,6-9H2,1-2H3. The van der Waals surface area contributed by atoms with Gasteiger partial charge in [0.2, 0.25) is 0 Å². The summed E-state index contributed by atoms with van der Waals surface area (Å²) >= 11 is 0. The van der Waals surface area contributed by atoms with E-state index in [-0.39, 0.29) is 0 Å². The van der Waals surface area contributed by atoms with Gasteiger partial charge in [-0.15, -0.1) is 0 Å². The number of nitrogens with zero attached hydrogens (tertiary/aromatic N) is 1. The Kier molecular flexibility index (Phi) is 3.64. The summed E-state index contributed by atoms with van der Waals surface area (Å²) in [6.07, 6.45) is 6.24. The second-order valence-electron chi connectivity index (χ2n) is 3.27. The molecule has 0 aromatic heterocycles. The molecule has 0 bridgehead atoms. The van der Waals surface area contributed by atoms with Crippen LogP contribution in [0.2, 0.25) is 0 Å². The Bertz CT molecular complexity index is 138. The molecule has 1 rings (SSSR count). The van der Waals surface area contributed by atoms with Crippen molar-refractivity contribution in [3.63, 3.8) is 0 Å². The van der Waals surface area contributed by atoms with Crippen molar-refractivity contribution in [2.75, 3.05) is 19.6 Å². The van der Waals surface area contributed by atoms with Crippen LogP contribution in [0.25, 0.3) is 0 Å². The van der Waals surface area contributed by atoms with E-state index >= 15 is 0 Å². The van der Waals surface area contributed by atoms with Crippen LogP contribution in [0.15, 0.2) is 11.6 Å². The van der Waals surface area contributed by atoms with Crippen LogP contribution in [0, 0.1) is 0 Å². The average Bonchev–Trinajstić information content (AvgIpc) is 2.07. The molecule has 1 heteroatoms. The zero-order valence-corrected chi connectivity index (χ0v) is 7.77. The van der Waals surface area contributed by atoms with Gasteiger partial charge in [-0.05, 0) is 25.8 Å². The fourth-order valence-corrected chi connectivity index (χ4v) is 1.59. The third-order valence-electron chi connectivity index (χ3n) is 2.38. The van der Waals surface area contributed by atoms with Gasteiger partial charge in [-0.2, -0.15) is 0 Å². The van der Waals surface area contributed by atoms with Gasteiger partial charge in [-0.3, -0.25) is 4.90 Å². The van der Waals surface area contributed by atoms with E-state index in [1.807, 2.05) is 0 Å². The van der Waals surface area contributed by atoms with Crippen LogP contribution >= 0.6 is 0 Å². The molecule has 0 radical (unpaired) electrons. The molecule has 1 aliphatic heterocycles. The van der Waals surface area contributed by atoms with Crippen molar-refractivity contribution in [2.24, 2.45) is 0 Å². The van der Waals surface area contributed by atoms with E-state index in [0.29, 0.717) is 0 Å². The van der Waals surface area contributed by atoms with Crippen molar-refractivity contribution < 1.29 is 0 Å². The summed E-state index contributed by atoms with van der Waals surface area (Å²) in [6.45, 7) is 8.25. The minimum absolute atomic E-state index is 1.19. The molecule has 64 valence electrons. The lowest BCUT2D eigenvalue weighted by molar-refractivity contribution is 0.293. The molecular formula is C10H19N. The van der Waals surface area contributed by atoms with Gasteiger partial charge in [0.1, 0.15) is 0 Å². The van der Waals surface area contributed by atoms with E-state index in [1.54, 1.807) is 5.57 Å². The molecule has 0 aromatic rings. The molecule has 0 aliphatic carbocycles. The fraction of sp³-hybridized carbons (Fsp3) is 0.800. The third-order valence-corrected chi connectivity index (χ3v) is 2.38. The highest BCUT2D eigenvalue weighted by atomic mass is 15.1. The summed E-state index contributed by atoms with van der Waals surface area (Å²) in [7, 11) is 0. The number of hydrogen-bond donors (Lipinski definition) is 0. The van der Waals surface area contributed by atoms with Crippen LogP contribution in [0.1, 0.15) is 33.1 Å². The van der Waals surface area contributed by atoms with Crippen LogP contribution in [-0.4, -0.2) is 24.5 Å². The van der Waals surface area contributed by atoms with Gasteiger partial charge in [0.25, 0.3) is 0 Å². The Morgan fingerprint density at radius 2 is 2.27 bits per heavy atom. The molecule has 0 fully saturated rings. The Balaban J connectivity index is 2.29. The summed E-state index contributed by atoms with van der Waals surface area (Å²) < 4.78 is 0. The van der Waals surface area contributed by atoms with Crippen molar-refractivity contribution in [3.05, 3.63) is 11.6 Å². The van der Waals surface area contributed by atoms with Crippen LogP contribution in [0.3, 0.4) is 0 Å². The highest BCUT2D eigenvalue weighted by Gasteiger charge is 2.08. The van der Waals surface area contributed by atoms with Crippen molar-refractivity contribution >= 4 is 0 Å². The van der Waals surface area contributed by atoms with Crippen LogP contribution in [0.5, 0.6) is 0 Å². The lowest BCUT2D eigenvalue weighted by Gasteiger charge is -2.25. The molecule has 0 N–H and O–H groups in total. The molecule has 1 aliphatic rings. The first kappa shape index (κ1) is 8.79. The molecular weight excluding hydrogens is 134 g/mol. The molecule has 0 amide bonds. The molecule has 11 heavy (non-hydrogen) atoms. The monoisotopic (exact) mass is 153 g/mol. The van der Waals surface area contributed by atoms with Crippen molar-refractivity contribution in [3.8, 4) is 0 Å². The minimum Gasteiger partial charge on any atom is -0.299 e. The summed E-state index contributed by atoms with van der Waals surface area (Å²) in [4.78, 5) is 2.53. The summed E-state index contributed by atoms with van der Waals surface area (Å²) in [6, 6.07) is 0. The third kappa shape index (κ3) is 2.66. The van der Waals surface area contributed by atoms with E-state index in [4.69, 9.17) is 0 Å². The first-order valence-corrected chi connectivity index (χ1v) is 4.77. The Morgan fingerprint density at radius 1 is 1.45 bits per heavy atom. The predicted octanol–water partition coefficient (Wildman–Crippen LogP) is 2.44. The molecule has 0 aromatic carbocycles. The predicted molar refractivity (Wildman–Crippen MR) is 49.7 cm³/mol. The van der Waals surface area contributed by atoms with Gasteiger partial charge in [0, 0.05) is 13.1 Å². The molecule has 1 heterocycles. The molecule has 0 spiro atoms.